The summed E-state index contributed by atoms with van der Waals surface area (Å²) in [6.07, 6.45) is -6.56. The Morgan fingerprint density at radius 1 is 1.00 bits per heavy atom. The van der Waals surface area contributed by atoms with Gasteiger partial charge in [-0.15, -0.1) is 0 Å². The van der Waals surface area contributed by atoms with Crippen LogP contribution in [0, 0.1) is 0 Å². The molecule has 0 radical (unpaired) electrons. The fourth-order valence-electron chi connectivity index (χ4n) is 5.09. The number of aryl methyl sites for hydroxylation is 1. The topological polar surface area (TPSA) is 173 Å². The van der Waals surface area contributed by atoms with Crippen LogP contribution in [0.1, 0.15) is 30.5 Å². The molecule has 0 aromatic heterocycles. The van der Waals surface area contributed by atoms with Crippen molar-refractivity contribution in [2.45, 2.75) is 56.5 Å². The molecule has 1 aliphatic carbocycles. The van der Waals surface area contributed by atoms with E-state index in [2.05, 4.69) is 5.32 Å². The van der Waals surface area contributed by atoms with Crippen LogP contribution in [0.15, 0.2) is 29.1 Å². The molecule has 0 unspecified atom stereocenters. The van der Waals surface area contributed by atoms with Crippen LogP contribution in [0.3, 0.4) is 0 Å². The highest BCUT2D eigenvalue weighted by atomic mass is 16.7. The normalized spacial score (nSPS) is 25.9. The Kier molecular flexibility index (Phi) is 8.62. The maximum absolute atomic E-state index is 12.9. The number of rotatable bonds is 7. The lowest BCUT2D eigenvalue weighted by Crippen LogP contribution is -2.60. The first-order valence-corrected chi connectivity index (χ1v) is 12.4. The van der Waals surface area contributed by atoms with E-state index in [1.165, 1.54) is 34.3 Å². The zero-order chi connectivity index (χ0) is 28.4. The molecule has 0 saturated carbocycles. The van der Waals surface area contributed by atoms with Crippen LogP contribution in [0.25, 0.3) is 11.1 Å². The molecule has 12 nitrogen and oxygen atoms in total. The van der Waals surface area contributed by atoms with Crippen LogP contribution in [-0.4, -0.2) is 85.0 Å². The van der Waals surface area contributed by atoms with Gasteiger partial charge >= 0.3 is 0 Å². The largest absolute Gasteiger partial charge is 0.493 e. The van der Waals surface area contributed by atoms with Crippen molar-refractivity contribution in [2.75, 3.05) is 27.9 Å². The highest BCUT2D eigenvalue weighted by Crippen LogP contribution is 2.50. The first-order valence-electron chi connectivity index (χ1n) is 12.4. The third kappa shape index (κ3) is 5.38. The van der Waals surface area contributed by atoms with E-state index in [0.29, 0.717) is 29.5 Å². The van der Waals surface area contributed by atoms with Gasteiger partial charge in [0.25, 0.3) is 0 Å². The van der Waals surface area contributed by atoms with Gasteiger partial charge in [0.2, 0.25) is 23.4 Å². The Labute approximate surface area is 224 Å². The number of carbonyl (C=O) groups is 1. The van der Waals surface area contributed by atoms with Crippen molar-refractivity contribution in [1.82, 2.24) is 5.32 Å². The van der Waals surface area contributed by atoms with Crippen LogP contribution in [0.5, 0.6) is 23.0 Å². The van der Waals surface area contributed by atoms with Gasteiger partial charge in [0, 0.05) is 12.5 Å². The zero-order valence-electron chi connectivity index (χ0n) is 22.0. The second kappa shape index (κ2) is 11.8. The molecule has 1 saturated heterocycles. The Morgan fingerprint density at radius 2 is 1.72 bits per heavy atom. The van der Waals surface area contributed by atoms with Crippen LogP contribution in [-0.2, 0) is 16.0 Å². The number of aliphatic hydroxyl groups excluding tert-OH is 4. The van der Waals surface area contributed by atoms with E-state index in [4.69, 9.17) is 23.7 Å². The fourth-order valence-corrected chi connectivity index (χ4v) is 5.09. The minimum atomic E-state index is -1.64. The molecule has 2 aliphatic rings. The molecule has 1 amide bonds. The lowest BCUT2D eigenvalue weighted by Gasteiger charge is -2.39. The van der Waals surface area contributed by atoms with E-state index in [1.807, 2.05) is 0 Å². The number of aliphatic hydroxyl groups is 4. The molecular formula is C27H33NO11. The summed E-state index contributed by atoms with van der Waals surface area (Å²) in [4.78, 5) is 24.9. The van der Waals surface area contributed by atoms with Crippen LogP contribution < -0.4 is 29.7 Å². The Hall–Kier alpha value is -3.42. The van der Waals surface area contributed by atoms with Crippen molar-refractivity contribution in [2.24, 2.45) is 0 Å². The summed E-state index contributed by atoms with van der Waals surface area (Å²) in [5.41, 5.74) is 2.15. The Morgan fingerprint density at radius 3 is 2.33 bits per heavy atom. The SMILES string of the molecule is COc1c(O[C@@H]2O[C@H](CO)[C@@H](O)[C@H](O)[C@H]2O)cc2c(c1OC)-c1ccc(OC)c(=O)cc1[C@@H](NC(C)=O)CC2. The first-order chi connectivity index (χ1) is 18.6. The van der Waals surface area contributed by atoms with Crippen molar-refractivity contribution >= 4 is 5.91 Å². The molecule has 1 aliphatic heterocycles. The van der Waals surface area contributed by atoms with E-state index in [9.17, 15) is 30.0 Å². The van der Waals surface area contributed by atoms with E-state index in [1.54, 1.807) is 18.2 Å². The molecule has 6 atom stereocenters. The Bertz CT molecular complexity index is 1280. The number of nitrogens with one attached hydrogen (secondary N) is 1. The van der Waals surface area contributed by atoms with E-state index in [-0.39, 0.29) is 34.3 Å². The van der Waals surface area contributed by atoms with Crippen LogP contribution >= 0.6 is 0 Å². The van der Waals surface area contributed by atoms with Crippen molar-refractivity contribution in [3.05, 3.63) is 45.6 Å². The van der Waals surface area contributed by atoms with Gasteiger partial charge in [-0.3, -0.25) is 9.59 Å². The maximum Gasteiger partial charge on any atom is 0.229 e. The number of amides is 1. The van der Waals surface area contributed by atoms with Gasteiger partial charge in [0.15, 0.2) is 17.2 Å². The van der Waals surface area contributed by atoms with Crippen molar-refractivity contribution in [3.8, 4) is 34.1 Å². The first kappa shape index (κ1) is 28.6. The predicted molar refractivity (Wildman–Crippen MR) is 137 cm³/mol. The predicted octanol–water partition coefficient (Wildman–Crippen LogP) is 0.0417. The summed E-state index contributed by atoms with van der Waals surface area (Å²) < 4.78 is 28.1. The number of methoxy groups -OCH3 is 3. The Balaban J connectivity index is 1.89. The molecule has 2 aromatic rings. The van der Waals surface area contributed by atoms with E-state index in [0.717, 1.165) is 5.56 Å². The number of hydrogen-bond donors (Lipinski definition) is 5. The minimum absolute atomic E-state index is 0.111. The molecule has 0 bridgehead atoms. The average Bonchev–Trinajstić information content (AvgIpc) is 3.16. The van der Waals surface area contributed by atoms with Crippen molar-refractivity contribution < 1.29 is 48.9 Å². The lowest BCUT2D eigenvalue weighted by atomic mass is 9.95. The second-order valence-electron chi connectivity index (χ2n) is 9.36. The summed E-state index contributed by atoms with van der Waals surface area (Å²) in [7, 11) is 4.23. The summed E-state index contributed by atoms with van der Waals surface area (Å²) in [5, 5.41) is 43.3. The standard InChI is InChI=1S/C27H33NO11/c1-12(30)28-16-7-5-13-9-19(38-27-24(34)23(33)22(32)20(11-29)39-27)25(36-3)26(37-4)21(13)14-6-8-18(35-2)17(31)10-15(14)16/h6,8-10,16,20,22-24,27,29,32-34H,5,7,11H2,1-4H3,(H,28,30)/t16-,20+,22+,23-,24+,27+/m0/s1. The summed E-state index contributed by atoms with van der Waals surface area (Å²) in [6, 6.07) is 5.87. The molecule has 212 valence electrons. The number of fused-ring (bicyclic) bond motifs is 3. The van der Waals surface area contributed by atoms with Gasteiger partial charge in [-0.1, -0.05) is 6.07 Å². The molecule has 0 spiro atoms. The molecular weight excluding hydrogens is 514 g/mol. The monoisotopic (exact) mass is 547 g/mol. The van der Waals surface area contributed by atoms with Crippen molar-refractivity contribution in [1.29, 1.82) is 0 Å². The van der Waals surface area contributed by atoms with Gasteiger partial charge in [0.05, 0.1) is 34.0 Å². The van der Waals surface area contributed by atoms with Gasteiger partial charge in [-0.2, -0.15) is 0 Å². The minimum Gasteiger partial charge on any atom is -0.493 e. The molecule has 5 N–H and O–H groups in total. The van der Waals surface area contributed by atoms with Gasteiger partial charge in [0.1, 0.15) is 24.4 Å². The van der Waals surface area contributed by atoms with Crippen LogP contribution in [0.4, 0.5) is 0 Å². The van der Waals surface area contributed by atoms with Gasteiger partial charge < -0.3 is 49.4 Å². The summed E-state index contributed by atoms with van der Waals surface area (Å²) >= 11 is 0. The number of ether oxygens (including phenoxy) is 5. The molecule has 2 aromatic carbocycles. The third-order valence-electron chi connectivity index (χ3n) is 6.97. The van der Waals surface area contributed by atoms with Gasteiger partial charge in [-0.05, 0) is 47.7 Å². The van der Waals surface area contributed by atoms with E-state index >= 15 is 0 Å². The zero-order valence-corrected chi connectivity index (χ0v) is 22.0. The number of hydrogen-bond acceptors (Lipinski definition) is 11. The molecule has 39 heavy (non-hydrogen) atoms. The summed E-state index contributed by atoms with van der Waals surface area (Å²) in [6.45, 7) is 0.786. The molecule has 4 rings (SSSR count). The highest BCUT2D eigenvalue weighted by Gasteiger charge is 2.45. The fraction of sp³-hybridized carbons (Fsp3) is 0.481. The van der Waals surface area contributed by atoms with Crippen molar-refractivity contribution in [3.63, 3.8) is 0 Å². The molecule has 1 fully saturated rings. The van der Waals surface area contributed by atoms with Gasteiger partial charge in [-0.25, -0.2) is 0 Å². The van der Waals surface area contributed by atoms with E-state index < -0.39 is 43.4 Å². The highest BCUT2D eigenvalue weighted by molar-refractivity contribution is 5.83. The smallest absolute Gasteiger partial charge is 0.229 e. The quantitative estimate of drug-likeness (QED) is 0.317. The second-order valence-corrected chi connectivity index (χ2v) is 9.36. The average molecular weight is 548 g/mol. The van der Waals surface area contributed by atoms with Crippen LogP contribution in [0.2, 0.25) is 0 Å². The molecule has 12 heteroatoms. The number of benzene rings is 1. The molecule has 1 heterocycles. The third-order valence-corrected chi connectivity index (χ3v) is 6.97. The summed E-state index contributed by atoms with van der Waals surface area (Å²) in [5.74, 6) is 0.368. The maximum atomic E-state index is 12.9. The lowest BCUT2D eigenvalue weighted by molar-refractivity contribution is -0.277. The number of carbonyl (C=O) groups excluding carboxylic acids is 1.